The third kappa shape index (κ3) is 8.34. The van der Waals surface area contributed by atoms with Crippen LogP contribution in [-0.4, -0.2) is 57.9 Å². The first kappa shape index (κ1) is 26.8. The number of rotatable bonds is 1. The zero-order valence-electron chi connectivity index (χ0n) is 19.0. The van der Waals surface area contributed by atoms with Crippen molar-refractivity contribution in [3.05, 3.63) is 0 Å². The molecule has 2 saturated heterocycles. The quantitative estimate of drug-likeness (QED) is 0.548. The molecule has 0 bridgehead atoms. The van der Waals surface area contributed by atoms with E-state index in [0.29, 0.717) is 5.92 Å². The monoisotopic (exact) mass is 390 g/mol. The summed E-state index contributed by atoms with van der Waals surface area (Å²) in [5.41, 5.74) is 10.9. The van der Waals surface area contributed by atoms with E-state index < -0.39 is 23.3 Å². The normalized spacial score (nSPS) is 44.7. The highest BCUT2D eigenvalue weighted by atomic mass is 16.5. The third-order valence-electron chi connectivity index (χ3n) is 5.19. The van der Waals surface area contributed by atoms with Gasteiger partial charge in [-0.25, -0.2) is 0 Å². The average molecular weight is 391 g/mol. The molecule has 2 rings (SSSR count). The van der Waals surface area contributed by atoms with E-state index in [0.717, 1.165) is 12.8 Å². The van der Waals surface area contributed by atoms with Gasteiger partial charge in [-0.05, 0) is 53.4 Å². The molecule has 0 aromatic heterocycles. The molecule has 2 aliphatic rings. The van der Waals surface area contributed by atoms with E-state index in [9.17, 15) is 10.2 Å². The highest BCUT2D eigenvalue weighted by Gasteiger charge is 2.42. The minimum Gasteiger partial charge on any atom is -0.389 e. The second kappa shape index (κ2) is 11.1. The molecule has 0 aromatic rings. The maximum Gasteiger partial charge on any atom is 0.0976 e. The predicted octanol–water partition coefficient (Wildman–Crippen LogP) is 2.58. The maximum absolute atomic E-state index is 9.76. The Balaban J connectivity index is 0.000000442. The Labute approximate surface area is 167 Å². The van der Waals surface area contributed by atoms with E-state index in [2.05, 4.69) is 27.7 Å². The summed E-state index contributed by atoms with van der Waals surface area (Å²) in [7, 11) is 0. The van der Waals surface area contributed by atoms with E-state index in [1.807, 2.05) is 34.6 Å². The van der Waals surface area contributed by atoms with Crippen molar-refractivity contribution in [2.75, 3.05) is 0 Å². The minimum atomic E-state index is -0.553. The van der Waals surface area contributed by atoms with Gasteiger partial charge in [-0.3, -0.25) is 0 Å². The molecule has 6 heteroatoms. The van der Waals surface area contributed by atoms with Crippen LogP contribution in [0, 0.1) is 5.92 Å². The van der Waals surface area contributed by atoms with E-state index in [-0.39, 0.29) is 24.4 Å². The standard InChI is InChI=1S/C10H21NO2.C8H17NO2.C3H8/c1-6(2)8-5-10(4,11)9(12)7(3)13-8;1-5-4-8(3,9)7(10)6(2)11-5;1-3-2/h6-9,12H,5,11H2,1-4H3;5-7,10H,4,9H2,1-3H3;3H2,1-2H3/t7-,8+,9-,10-;5-,6-,7-,8-;/m01./s1. The summed E-state index contributed by atoms with van der Waals surface area (Å²) in [6.45, 7) is 18.0. The molecule has 0 spiro atoms. The van der Waals surface area contributed by atoms with Gasteiger partial charge < -0.3 is 31.2 Å². The molecule has 0 aliphatic carbocycles. The maximum atomic E-state index is 9.76. The Hall–Kier alpha value is -0.240. The molecule has 0 aromatic carbocycles. The van der Waals surface area contributed by atoms with Crippen LogP contribution in [0.3, 0.4) is 0 Å². The molecule has 8 atom stereocenters. The fourth-order valence-electron chi connectivity index (χ4n) is 3.65. The highest BCUT2D eigenvalue weighted by Crippen LogP contribution is 2.30. The van der Waals surface area contributed by atoms with Crippen LogP contribution in [0.1, 0.15) is 81.6 Å². The van der Waals surface area contributed by atoms with Crippen molar-refractivity contribution in [3.8, 4) is 0 Å². The zero-order valence-corrected chi connectivity index (χ0v) is 19.0. The smallest absolute Gasteiger partial charge is 0.0976 e. The number of hydrogen-bond acceptors (Lipinski definition) is 6. The van der Waals surface area contributed by atoms with Crippen LogP contribution in [0.2, 0.25) is 0 Å². The molecule has 0 radical (unpaired) electrons. The second-order valence-corrected chi connectivity index (χ2v) is 9.29. The fourth-order valence-corrected chi connectivity index (χ4v) is 3.65. The summed E-state index contributed by atoms with van der Waals surface area (Å²) < 4.78 is 11.1. The molecule has 2 heterocycles. The van der Waals surface area contributed by atoms with Crippen LogP contribution in [-0.2, 0) is 9.47 Å². The van der Waals surface area contributed by atoms with Crippen molar-refractivity contribution >= 4 is 0 Å². The van der Waals surface area contributed by atoms with Gasteiger partial charge in [0.25, 0.3) is 0 Å². The first-order chi connectivity index (χ1) is 12.2. The number of ether oxygens (including phenoxy) is 2. The van der Waals surface area contributed by atoms with Crippen molar-refractivity contribution in [1.82, 2.24) is 0 Å². The molecule has 0 unspecified atom stereocenters. The molecule has 164 valence electrons. The molecule has 6 nitrogen and oxygen atoms in total. The van der Waals surface area contributed by atoms with Gasteiger partial charge in [-0.2, -0.15) is 0 Å². The Morgan fingerprint density at radius 3 is 1.59 bits per heavy atom. The van der Waals surface area contributed by atoms with Crippen molar-refractivity contribution in [2.24, 2.45) is 17.4 Å². The van der Waals surface area contributed by atoms with Gasteiger partial charge in [0, 0.05) is 11.1 Å². The molecule has 2 aliphatic heterocycles. The molecular formula is C21H46N2O4. The fraction of sp³-hybridized carbons (Fsp3) is 1.00. The van der Waals surface area contributed by atoms with Crippen LogP contribution in [0.5, 0.6) is 0 Å². The van der Waals surface area contributed by atoms with Gasteiger partial charge in [0.05, 0.1) is 36.6 Å². The van der Waals surface area contributed by atoms with Gasteiger partial charge in [-0.1, -0.05) is 34.1 Å². The molecule has 6 N–H and O–H groups in total. The molecule has 27 heavy (non-hydrogen) atoms. The third-order valence-corrected chi connectivity index (χ3v) is 5.19. The van der Waals surface area contributed by atoms with Crippen LogP contribution < -0.4 is 11.5 Å². The van der Waals surface area contributed by atoms with Crippen molar-refractivity contribution < 1.29 is 19.7 Å². The predicted molar refractivity (Wildman–Crippen MR) is 112 cm³/mol. The first-order valence-corrected chi connectivity index (χ1v) is 10.4. The lowest BCUT2D eigenvalue weighted by atomic mass is 9.81. The van der Waals surface area contributed by atoms with Crippen molar-refractivity contribution in [1.29, 1.82) is 0 Å². The largest absolute Gasteiger partial charge is 0.389 e. The summed E-state index contributed by atoms with van der Waals surface area (Å²) in [6.07, 6.45) is 1.64. The number of aliphatic hydroxyl groups is 2. The van der Waals surface area contributed by atoms with Gasteiger partial charge >= 0.3 is 0 Å². The summed E-state index contributed by atoms with van der Waals surface area (Å²) in [5.74, 6) is 0.456. The Kier molecular flexibility index (Phi) is 11.0. The van der Waals surface area contributed by atoms with Crippen molar-refractivity contribution in [2.45, 2.75) is 129 Å². The van der Waals surface area contributed by atoms with E-state index in [4.69, 9.17) is 20.9 Å². The SMILES string of the molecule is CC(C)[C@H]1C[C@](C)(N)[C@@H](O)[C@H](C)O1.CCC.C[C@@H]1C[C@@](C)(N)[C@H](O)[C@@H](C)O1. The van der Waals surface area contributed by atoms with Crippen LogP contribution in [0.15, 0.2) is 0 Å². The highest BCUT2D eigenvalue weighted by molar-refractivity contribution is 4.97. The summed E-state index contributed by atoms with van der Waals surface area (Å²) in [4.78, 5) is 0. The van der Waals surface area contributed by atoms with Gasteiger partial charge in [0.2, 0.25) is 0 Å². The Morgan fingerprint density at radius 2 is 1.26 bits per heavy atom. The molecule has 2 fully saturated rings. The lowest BCUT2D eigenvalue weighted by Crippen LogP contribution is -2.60. The van der Waals surface area contributed by atoms with Gasteiger partial charge in [0.15, 0.2) is 0 Å². The van der Waals surface area contributed by atoms with Crippen molar-refractivity contribution in [3.63, 3.8) is 0 Å². The summed E-state index contributed by atoms with van der Waals surface area (Å²) in [5, 5.41) is 19.3. The average Bonchev–Trinajstić information content (AvgIpc) is 2.50. The van der Waals surface area contributed by atoms with Gasteiger partial charge in [-0.15, -0.1) is 0 Å². The van der Waals surface area contributed by atoms with Crippen LogP contribution in [0.25, 0.3) is 0 Å². The topological polar surface area (TPSA) is 111 Å². The second-order valence-electron chi connectivity index (χ2n) is 9.29. The lowest BCUT2D eigenvalue weighted by Gasteiger charge is -2.44. The number of aliphatic hydroxyl groups excluding tert-OH is 2. The first-order valence-electron chi connectivity index (χ1n) is 10.4. The van der Waals surface area contributed by atoms with E-state index in [1.165, 1.54) is 6.42 Å². The summed E-state index contributed by atoms with van der Waals surface area (Å²) >= 11 is 0. The zero-order chi connectivity index (χ0) is 21.6. The molecule has 0 amide bonds. The number of nitrogens with two attached hydrogens (primary N) is 2. The number of hydrogen-bond donors (Lipinski definition) is 4. The van der Waals surface area contributed by atoms with E-state index >= 15 is 0 Å². The lowest BCUT2D eigenvalue weighted by molar-refractivity contribution is -0.153. The summed E-state index contributed by atoms with van der Waals surface area (Å²) in [6, 6.07) is 0. The Morgan fingerprint density at radius 1 is 0.889 bits per heavy atom. The molecule has 0 saturated carbocycles. The van der Waals surface area contributed by atoms with E-state index in [1.54, 1.807) is 0 Å². The molecular weight excluding hydrogens is 344 g/mol. The minimum absolute atomic E-state index is 0.145. The Bertz CT molecular complexity index is 415. The van der Waals surface area contributed by atoms with Gasteiger partial charge in [0.1, 0.15) is 0 Å². The van der Waals surface area contributed by atoms with Crippen LogP contribution >= 0.6 is 0 Å². The van der Waals surface area contributed by atoms with Crippen LogP contribution in [0.4, 0.5) is 0 Å².